The number of aliphatic carboxylic acids is 1. The van der Waals surface area contributed by atoms with Crippen LogP contribution in [0.3, 0.4) is 0 Å². The molecule has 20 heavy (non-hydrogen) atoms. The van der Waals surface area contributed by atoms with Crippen LogP contribution in [0.15, 0.2) is 6.07 Å². The Morgan fingerprint density at radius 3 is 2.00 bits per heavy atom. The second-order valence-electron chi connectivity index (χ2n) is 5.98. The summed E-state index contributed by atoms with van der Waals surface area (Å²) in [5.41, 5.74) is 4.94. The minimum Gasteiger partial charge on any atom is -0.481 e. The number of hydrogen-bond donors (Lipinski definition) is 1. The minimum atomic E-state index is -0.833. The molecule has 1 saturated carbocycles. The van der Waals surface area contributed by atoms with Gasteiger partial charge in [0.2, 0.25) is 0 Å². The number of carbonyl (C=O) groups excluding carboxylic acids is 1. The molecule has 0 aliphatic heterocycles. The topological polar surface area (TPSA) is 54.4 Å². The van der Waals surface area contributed by atoms with Crippen molar-refractivity contribution in [2.24, 2.45) is 11.8 Å². The maximum Gasteiger partial charge on any atom is 0.307 e. The van der Waals surface area contributed by atoms with Gasteiger partial charge in [0.15, 0.2) is 5.78 Å². The smallest absolute Gasteiger partial charge is 0.307 e. The van der Waals surface area contributed by atoms with Crippen LogP contribution in [0, 0.1) is 39.5 Å². The highest BCUT2D eigenvalue weighted by Gasteiger charge is 2.39. The van der Waals surface area contributed by atoms with Gasteiger partial charge in [-0.25, -0.2) is 0 Å². The highest BCUT2D eigenvalue weighted by Crippen LogP contribution is 2.36. The number of carboxylic acids is 1. The summed E-state index contributed by atoms with van der Waals surface area (Å²) in [5.74, 6) is -1.68. The molecule has 0 spiro atoms. The van der Waals surface area contributed by atoms with E-state index >= 15 is 0 Å². The normalized spacial score (nSPS) is 22.0. The van der Waals surface area contributed by atoms with E-state index in [2.05, 4.69) is 6.07 Å². The lowest BCUT2D eigenvalue weighted by molar-refractivity contribution is -0.142. The Morgan fingerprint density at radius 2 is 1.50 bits per heavy atom. The fourth-order valence-electron chi connectivity index (χ4n) is 3.34. The summed E-state index contributed by atoms with van der Waals surface area (Å²) in [6, 6.07) is 2.09. The number of carbonyl (C=O) groups is 2. The van der Waals surface area contributed by atoms with Crippen LogP contribution in [0.2, 0.25) is 0 Å². The Balaban J connectivity index is 2.46. The van der Waals surface area contributed by atoms with E-state index in [-0.39, 0.29) is 11.7 Å². The van der Waals surface area contributed by atoms with E-state index in [1.54, 1.807) is 0 Å². The fourth-order valence-corrected chi connectivity index (χ4v) is 3.34. The van der Waals surface area contributed by atoms with Crippen molar-refractivity contribution in [2.75, 3.05) is 0 Å². The van der Waals surface area contributed by atoms with Crippen molar-refractivity contribution in [1.82, 2.24) is 0 Å². The van der Waals surface area contributed by atoms with Gasteiger partial charge in [-0.3, -0.25) is 9.59 Å². The third-order valence-electron chi connectivity index (χ3n) is 4.78. The fraction of sp³-hybridized carbons (Fsp3) is 0.529. The summed E-state index contributed by atoms with van der Waals surface area (Å²) in [6.45, 7) is 7.92. The number of Topliss-reactive ketones (excluding diaryl/α,β-unsaturated/α-hetero) is 1. The molecule has 1 fully saturated rings. The average Bonchev–Trinajstić information content (AvgIpc) is 2.86. The molecule has 108 valence electrons. The van der Waals surface area contributed by atoms with Gasteiger partial charge in [-0.2, -0.15) is 0 Å². The first-order chi connectivity index (χ1) is 9.34. The van der Waals surface area contributed by atoms with E-state index in [1.165, 1.54) is 0 Å². The third-order valence-corrected chi connectivity index (χ3v) is 4.78. The number of aryl methyl sites for hydroxylation is 2. The summed E-state index contributed by atoms with van der Waals surface area (Å²) in [5, 5.41) is 9.28. The van der Waals surface area contributed by atoms with Gasteiger partial charge < -0.3 is 5.11 Å². The first-order valence-corrected chi connectivity index (χ1v) is 7.19. The zero-order valence-corrected chi connectivity index (χ0v) is 12.6. The zero-order chi connectivity index (χ0) is 15.0. The summed E-state index contributed by atoms with van der Waals surface area (Å²) >= 11 is 0. The van der Waals surface area contributed by atoms with Crippen LogP contribution in [0.1, 0.15) is 51.9 Å². The van der Waals surface area contributed by atoms with Crippen molar-refractivity contribution in [3.8, 4) is 0 Å². The Bertz CT molecular complexity index is 546. The van der Waals surface area contributed by atoms with E-state index in [0.717, 1.165) is 34.2 Å². The van der Waals surface area contributed by atoms with Gasteiger partial charge in [0.25, 0.3) is 0 Å². The predicted molar refractivity (Wildman–Crippen MR) is 78.2 cm³/mol. The number of hydrogen-bond acceptors (Lipinski definition) is 2. The quantitative estimate of drug-likeness (QED) is 0.857. The molecule has 0 saturated heterocycles. The monoisotopic (exact) mass is 274 g/mol. The standard InChI is InChI=1S/C17H22O3/c1-9-8-10(2)12(4)15(11(9)3)16(18)13-6-5-7-14(13)17(19)20/h8,13-14H,5-7H2,1-4H3,(H,19,20). The summed E-state index contributed by atoms with van der Waals surface area (Å²) in [7, 11) is 0. The molecule has 3 heteroatoms. The van der Waals surface area contributed by atoms with Crippen LogP contribution in [-0.4, -0.2) is 16.9 Å². The second kappa shape index (κ2) is 5.39. The minimum absolute atomic E-state index is 0.0247. The van der Waals surface area contributed by atoms with E-state index in [9.17, 15) is 14.7 Å². The van der Waals surface area contributed by atoms with Gasteiger partial charge in [0, 0.05) is 11.5 Å². The van der Waals surface area contributed by atoms with E-state index < -0.39 is 11.9 Å². The van der Waals surface area contributed by atoms with Gasteiger partial charge in [-0.05, 0) is 62.8 Å². The first kappa shape index (κ1) is 14.8. The molecule has 2 unspecified atom stereocenters. The van der Waals surface area contributed by atoms with Gasteiger partial charge >= 0.3 is 5.97 Å². The SMILES string of the molecule is Cc1cc(C)c(C)c(C(=O)C2CCCC2C(=O)O)c1C. The van der Waals surface area contributed by atoms with Crippen molar-refractivity contribution < 1.29 is 14.7 Å². The lowest BCUT2D eigenvalue weighted by atomic mass is 9.83. The van der Waals surface area contributed by atoms with Crippen molar-refractivity contribution in [3.05, 3.63) is 33.9 Å². The molecule has 0 aromatic heterocycles. The number of benzene rings is 1. The van der Waals surface area contributed by atoms with Crippen LogP contribution in [0.25, 0.3) is 0 Å². The second-order valence-corrected chi connectivity index (χ2v) is 5.98. The molecular weight excluding hydrogens is 252 g/mol. The molecule has 1 aliphatic carbocycles. The maximum atomic E-state index is 12.8. The molecule has 2 rings (SSSR count). The molecule has 1 aromatic rings. The molecule has 0 radical (unpaired) electrons. The van der Waals surface area contributed by atoms with E-state index in [0.29, 0.717) is 12.8 Å². The highest BCUT2D eigenvalue weighted by atomic mass is 16.4. The average molecular weight is 274 g/mol. The molecule has 1 aromatic carbocycles. The van der Waals surface area contributed by atoms with Gasteiger partial charge in [-0.1, -0.05) is 12.5 Å². The molecular formula is C17H22O3. The molecule has 0 bridgehead atoms. The number of carboxylic acid groups (broad SMARTS) is 1. The van der Waals surface area contributed by atoms with E-state index in [4.69, 9.17) is 0 Å². The molecule has 1 N–H and O–H groups in total. The van der Waals surface area contributed by atoms with Crippen molar-refractivity contribution in [3.63, 3.8) is 0 Å². The Morgan fingerprint density at radius 1 is 1.00 bits per heavy atom. The summed E-state index contributed by atoms with van der Waals surface area (Å²) in [4.78, 5) is 24.1. The van der Waals surface area contributed by atoms with Crippen molar-refractivity contribution in [2.45, 2.75) is 47.0 Å². The van der Waals surface area contributed by atoms with Crippen LogP contribution >= 0.6 is 0 Å². The molecule has 0 amide bonds. The molecule has 3 nitrogen and oxygen atoms in total. The number of rotatable bonds is 3. The van der Waals surface area contributed by atoms with E-state index in [1.807, 2.05) is 27.7 Å². The van der Waals surface area contributed by atoms with Crippen molar-refractivity contribution in [1.29, 1.82) is 0 Å². The largest absolute Gasteiger partial charge is 0.481 e. The Labute approximate surface area is 120 Å². The lowest BCUT2D eigenvalue weighted by Gasteiger charge is -2.20. The number of ketones is 1. The Kier molecular flexibility index (Phi) is 3.98. The predicted octanol–water partition coefficient (Wildman–Crippen LogP) is 3.60. The third kappa shape index (κ3) is 2.37. The van der Waals surface area contributed by atoms with Crippen LogP contribution in [0.4, 0.5) is 0 Å². The van der Waals surface area contributed by atoms with Crippen LogP contribution < -0.4 is 0 Å². The van der Waals surface area contributed by atoms with Crippen LogP contribution in [-0.2, 0) is 4.79 Å². The van der Waals surface area contributed by atoms with Gasteiger partial charge in [0.1, 0.15) is 0 Å². The lowest BCUT2D eigenvalue weighted by Crippen LogP contribution is -2.26. The molecule has 2 atom stereocenters. The van der Waals surface area contributed by atoms with Crippen molar-refractivity contribution >= 4 is 11.8 Å². The molecule has 1 aliphatic rings. The van der Waals surface area contributed by atoms with Gasteiger partial charge in [0.05, 0.1) is 5.92 Å². The van der Waals surface area contributed by atoms with Gasteiger partial charge in [-0.15, -0.1) is 0 Å². The Hall–Kier alpha value is -1.64. The molecule has 0 heterocycles. The summed E-state index contributed by atoms with van der Waals surface area (Å²) < 4.78 is 0. The van der Waals surface area contributed by atoms with Crippen LogP contribution in [0.5, 0.6) is 0 Å². The first-order valence-electron chi connectivity index (χ1n) is 7.19. The zero-order valence-electron chi connectivity index (χ0n) is 12.6. The summed E-state index contributed by atoms with van der Waals surface area (Å²) in [6.07, 6.45) is 2.15. The maximum absolute atomic E-state index is 12.8. The highest BCUT2D eigenvalue weighted by molar-refractivity contribution is 6.03.